The Hall–Kier alpha value is -0.580. The molecule has 0 spiro atoms. The van der Waals surface area contributed by atoms with Crippen LogP contribution in [0.3, 0.4) is 0 Å². The fraction of sp³-hybridized carbons (Fsp3) is 0.583. The lowest BCUT2D eigenvalue weighted by Crippen LogP contribution is -2.33. The molecule has 0 aromatic carbocycles. The highest BCUT2D eigenvalue weighted by Crippen LogP contribution is 2.27. The predicted octanol–water partition coefficient (Wildman–Crippen LogP) is 2.78. The van der Waals surface area contributed by atoms with Crippen molar-refractivity contribution in [2.24, 2.45) is 0 Å². The third-order valence-corrected chi connectivity index (χ3v) is 4.49. The van der Waals surface area contributed by atoms with E-state index in [4.69, 9.17) is 11.6 Å². The van der Waals surface area contributed by atoms with E-state index < -0.39 is 5.60 Å². The van der Waals surface area contributed by atoms with Crippen molar-refractivity contribution in [1.82, 2.24) is 4.90 Å². The van der Waals surface area contributed by atoms with Crippen LogP contribution < -0.4 is 0 Å². The topological polar surface area (TPSA) is 40.5 Å². The van der Waals surface area contributed by atoms with E-state index in [-0.39, 0.29) is 5.91 Å². The summed E-state index contributed by atoms with van der Waals surface area (Å²) in [7, 11) is 0. The first kappa shape index (κ1) is 12.9. The van der Waals surface area contributed by atoms with Crippen LogP contribution in [0.15, 0.2) is 11.4 Å². The van der Waals surface area contributed by atoms with Crippen molar-refractivity contribution in [3.05, 3.63) is 21.3 Å². The zero-order valence-corrected chi connectivity index (χ0v) is 11.4. The Labute approximate surface area is 110 Å². The molecule has 3 nitrogen and oxygen atoms in total. The smallest absolute Gasteiger partial charge is 0.265 e. The average molecular weight is 274 g/mol. The summed E-state index contributed by atoms with van der Waals surface area (Å²) in [6.45, 7) is 3.13. The fourth-order valence-electron chi connectivity index (χ4n) is 2.06. The van der Waals surface area contributed by atoms with Gasteiger partial charge in [-0.3, -0.25) is 4.79 Å². The van der Waals surface area contributed by atoms with Crippen molar-refractivity contribution in [3.63, 3.8) is 0 Å². The number of aliphatic hydroxyl groups is 1. The van der Waals surface area contributed by atoms with Gasteiger partial charge >= 0.3 is 0 Å². The lowest BCUT2D eigenvalue weighted by molar-refractivity contribution is 0.0438. The second kappa shape index (κ2) is 4.96. The third-order valence-electron chi connectivity index (χ3n) is 3.16. The van der Waals surface area contributed by atoms with Gasteiger partial charge in [0.2, 0.25) is 0 Å². The lowest BCUT2D eigenvalue weighted by atomic mass is 9.98. The number of carbonyl (C=O) groups is 1. The van der Waals surface area contributed by atoms with Crippen LogP contribution in [0.4, 0.5) is 0 Å². The third kappa shape index (κ3) is 3.00. The second-order valence-electron chi connectivity index (χ2n) is 4.74. The van der Waals surface area contributed by atoms with Crippen molar-refractivity contribution < 1.29 is 9.90 Å². The number of amides is 1. The van der Waals surface area contributed by atoms with Crippen molar-refractivity contribution >= 4 is 28.8 Å². The summed E-state index contributed by atoms with van der Waals surface area (Å²) in [4.78, 5) is 14.6. The molecule has 1 amide bonds. The van der Waals surface area contributed by atoms with Crippen LogP contribution in [-0.2, 0) is 0 Å². The highest BCUT2D eigenvalue weighted by molar-refractivity contribution is 7.12. The number of rotatable bonds is 1. The Morgan fingerprint density at radius 3 is 2.94 bits per heavy atom. The molecule has 2 rings (SSSR count). The molecule has 2 heterocycles. The molecule has 94 valence electrons. The number of carbonyl (C=O) groups excluding carboxylic acids is 1. The van der Waals surface area contributed by atoms with Crippen LogP contribution in [0.5, 0.6) is 0 Å². The molecule has 1 aromatic rings. The van der Waals surface area contributed by atoms with E-state index in [1.807, 2.05) is 12.3 Å². The van der Waals surface area contributed by atoms with E-state index in [1.165, 1.54) is 11.3 Å². The summed E-state index contributed by atoms with van der Waals surface area (Å²) in [6, 6.07) is 1.74. The van der Waals surface area contributed by atoms with Crippen LogP contribution in [0.25, 0.3) is 0 Å². The lowest BCUT2D eigenvalue weighted by Gasteiger charge is -2.22. The minimum absolute atomic E-state index is 0.0114. The summed E-state index contributed by atoms with van der Waals surface area (Å²) < 4.78 is 0. The van der Waals surface area contributed by atoms with Gasteiger partial charge in [0.25, 0.3) is 5.91 Å². The molecule has 0 aliphatic carbocycles. The molecule has 0 saturated carbocycles. The van der Waals surface area contributed by atoms with Gasteiger partial charge in [-0.15, -0.1) is 11.3 Å². The minimum Gasteiger partial charge on any atom is -0.390 e. The van der Waals surface area contributed by atoms with Gasteiger partial charge in [-0.05, 0) is 37.6 Å². The van der Waals surface area contributed by atoms with Crippen LogP contribution in [0.1, 0.15) is 35.9 Å². The maximum absolute atomic E-state index is 12.2. The maximum atomic E-state index is 12.2. The minimum atomic E-state index is -0.645. The second-order valence-corrected chi connectivity index (χ2v) is 6.06. The van der Waals surface area contributed by atoms with Gasteiger partial charge in [-0.2, -0.15) is 0 Å². The fourth-order valence-corrected chi connectivity index (χ4v) is 3.16. The van der Waals surface area contributed by atoms with Crippen molar-refractivity contribution in [3.8, 4) is 0 Å². The average Bonchev–Trinajstić information content (AvgIpc) is 2.59. The summed E-state index contributed by atoms with van der Waals surface area (Å²) in [6.07, 6.45) is 2.21. The molecule has 1 N–H and O–H groups in total. The zero-order valence-electron chi connectivity index (χ0n) is 9.78. The Morgan fingerprint density at radius 1 is 1.53 bits per heavy atom. The molecule has 1 fully saturated rings. The molecule has 1 aromatic heterocycles. The van der Waals surface area contributed by atoms with Crippen LogP contribution in [0, 0.1) is 0 Å². The highest BCUT2D eigenvalue weighted by Gasteiger charge is 2.28. The van der Waals surface area contributed by atoms with Gasteiger partial charge in [-0.25, -0.2) is 0 Å². The summed E-state index contributed by atoms with van der Waals surface area (Å²) in [5, 5.41) is 12.3. The molecule has 5 heteroatoms. The first-order chi connectivity index (χ1) is 7.99. The Bertz CT molecular complexity index is 416. The van der Waals surface area contributed by atoms with Gasteiger partial charge in [0, 0.05) is 13.1 Å². The van der Waals surface area contributed by atoms with Crippen molar-refractivity contribution in [1.29, 1.82) is 0 Å². The Balaban J connectivity index is 2.08. The summed E-state index contributed by atoms with van der Waals surface area (Å²) >= 11 is 7.34. The Morgan fingerprint density at radius 2 is 2.29 bits per heavy atom. The van der Waals surface area contributed by atoms with E-state index in [0.29, 0.717) is 29.4 Å². The highest BCUT2D eigenvalue weighted by atomic mass is 35.5. The first-order valence-corrected chi connectivity index (χ1v) is 7.00. The Kier molecular flexibility index (Phi) is 3.76. The largest absolute Gasteiger partial charge is 0.390 e. The van der Waals surface area contributed by atoms with Gasteiger partial charge in [0.1, 0.15) is 4.88 Å². The number of hydrogen-bond donors (Lipinski definition) is 1. The number of halogens is 1. The molecule has 17 heavy (non-hydrogen) atoms. The van der Waals surface area contributed by atoms with Gasteiger partial charge in [-0.1, -0.05) is 11.6 Å². The number of nitrogens with zero attached hydrogens (tertiary/aromatic N) is 1. The number of hydrogen-bond acceptors (Lipinski definition) is 3. The van der Waals surface area contributed by atoms with E-state index in [2.05, 4.69) is 0 Å². The first-order valence-electron chi connectivity index (χ1n) is 5.74. The molecule has 1 saturated heterocycles. The number of thiophene rings is 1. The monoisotopic (exact) mass is 273 g/mol. The van der Waals surface area contributed by atoms with Gasteiger partial charge in [0.15, 0.2) is 0 Å². The SMILES string of the molecule is CC1(O)CCCN(C(=O)c2sccc2Cl)CC1. The molecule has 0 bridgehead atoms. The molecule has 0 radical (unpaired) electrons. The molecule has 1 unspecified atom stereocenters. The van der Waals surface area contributed by atoms with Crippen LogP contribution in [-0.4, -0.2) is 34.6 Å². The standard InChI is InChI=1S/C12H16ClNO2S/c1-12(16)4-2-6-14(7-5-12)11(15)10-9(13)3-8-17-10/h3,8,16H,2,4-7H2,1H3. The summed E-state index contributed by atoms with van der Waals surface area (Å²) in [5.41, 5.74) is -0.645. The zero-order chi connectivity index (χ0) is 12.5. The van der Waals surface area contributed by atoms with Crippen LogP contribution >= 0.6 is 22.9 Å². The predicted molar refractivity (Wildman–Crippen MR) is 69.7 cm³/mol. The van der Waals surface area contributed by atoms with Crippen LogP contribution in [0.2, 0.25) is 5.02 Å². The summed E-state index contributed by atoms with van der Waals surface area (Å²) in [5.74, 6) is -0.0114. The van der Waals surface area contributed by atoms with Gasteiger partial charge in [0.05, 0.1) is 10.6 Å². The van der Waals surface area contributed by atoms with E-state index in [1.54, 1.807) is 11.0 Å². The number of likely N-dealkylation sites (tertiary alicyclic amines) is 1. The molecule has 1 atom stereocenters. The molecular weight excluding hydrogens is 258 g/mol. The molecule has 1 aliphatic rings. The molecular formula is C12H16ClNO2S. The maximum Gasteiger partial charge on any atom is 0.265 e. The van der Waals surface area contributed by atoms with E-state index >= 15 is 0 Å². The van der Waals surface area contributed by atoms with Crippen molar-refractivity contribution in [2.75, 3.05) is 13.1 Å². The molecule has 1 aliphatic heterocycles. The van der Waals surface area contributed by atoms with Crippen molar-refractivity contribution in [2.45, 2.75) is 31.8 Å². The quantitative estimate of drug-likeness (QED) is 0.855. The van der Waals surface area contributed by atoms with Gasteiger partial charge < -0.3 is 10.0 Å². The van der Waals surface area contributed by atoms with E-state index in [9.17, 15) is 9.90 Å². The van der Waals surface area contributed by atoms with E-state index in [0.717, 1.165) is 12.8 Å². The normalized spacial score (nSPS) is 25.7.